The standard InChI is InChI=1S/C15H14ClFO/c1-10-3-5-11(6-4-10)15(16)12-7-8-13(17)14(9-12)18-2/h3-9,15H,1-2H3. The Morgan fingerprint density at radius 3 is 2.28 bits per heavy atom. The number of halogens is 2. The number of hydrogen-bond donors (Lipinski definition) is 0. The maximum atomic E-state index is 13.3. The number of hydrogen-bond acceptors (Lipinski definition) is 1. The molecule has 2 aromatic carbocycles. The summed E-state index contributed by atoms with van der Waals surface area (Å²) < 4.78 is 18.3. The molecule has 0 aliphatic carbocycles. The molecule has 0 N–H and O–H groups in total. The lowest BCUT2D eigenvalue weighted by atomic mass is 10.0. The van der Waals surface area contributed by atoms with Gasteiger partial charge in [0.25, 0.3) is 0 Å². The van der Waals surface area contributed by atoms with E-state index in [-0.39, 0.29) is 16.9 Å². The molecule has 0 radical (unpaired) electrons. The lowest BCUT2D eigenvalue weighted by molar-refractivity contribution is 0.386. The van der Waals surface area contributed by atoms with Crippen LogP contribution in [0.3, 0.4) is 0 Å². The van der Waals surface area contributed by atoms with Gasteiger partial charge in [-0.15, -0.1) is 11.6 Å². The van der Waals surface area contributed by atoms with Crippen molar-refractivity contribution in [2.24, 2.45) is 0 Å². The maximum Gasteiger partial charge on any atom is 0.165 e. The quantitative estimate of drug-likeness (QED) is 0.743. The number of alkyl halides is 1. The van der Waals surface area contributed by atoms with E-state index in [1.54, 1.807) is 12.1 Å². The van der Waals surface area contributed by atoms with Crippen molar-refractivity contribution < 1.29 is 9.13 Å². The average Bonchev–Trinajstić information content (AvgIpc) is 2.39. The molecule has 0 saturated heterocycles. The van der Waals surface area contributed by atoms with Crippen molar-refractivity contribution in [1.29, 1.82) is 0 Å². The van der Waals surface area contributed by atoms with Crippen LogP contribution in [-0.4, -0.2) is 7.11 Å². The van der Waals surface area contributed by atoms with Gasteiger partial charge >= 0.3 is 0 Å². The summed E-state index contributed by atoms with van der Waals surface area (Å²) in [5.41, 5.74) is 2.98. The summed E-state index contributed by atoms with van der Waals surface area (Å²) >= 11 is 6.39. The summed E-state index contributed by atoms with van der Waals surface area (Å²) in [7, 11) is 1.44. The summed E-state index contributed by atoms with van der Waals surface area (Å²) in [5, 5.41) is -0.305. The second-order valence-electron chi connectivity index (χ2n) is 4.17. The lowest BCUT2D eigenvalue weighted by Crippen LogP contribution is -1.96. The van der Waals surface area contributed by atoms with E-state index in [9.17, 15) is 4.39 Å². The summed E-state index contributed by atoms with van der Waals surface area (Å²) in [6, 6.07) is 12.6. The van der Waals surface area contributed by atoms with Crippen molar-refractivity contribution in [2.45, 2.75) is 12.3 Å². The Bertz CT molecular complexity index is 537. The predicted molar refractivity (Wildman–Crippen MR) is 71.8 cm³/mol. The monoisotopic (exact) mass is 264 g/mol. The van der Waals surface area contributed by atoms with Gasteiger partial charge in [-0.05, 0) is 30.2 Å². The van der Waals surface area contributed by atoms with Crippen LogP contribution in [0.2, 0.25) is 0 Å². The SMILES string of the molecule is COc1cc(C(Cl)c2ccc(C)cc2)ccc1F. The molecule has 0 spiro atoms. The molecule has 18 heavy (non-hydrogen) atoms. The van der Waals surface area contributed by atoms with Crippen molar-refractivity contribution in [3.63, 3.8) is 0 Å². The lowest BCUT2D eigenvalue weighted by Gasteiger charge is -2.12. The van der Waals surface area contributed by atoms with E-state index in [0.717, 1.165) is 11.1 Å². The zero-order chi connectivity index (χ0) is 13.1. The smallest absolute Gasteiger partial charge is 0.165 e. The molecule has 1 unspecified atom stereocenters. The van der Waals surface area contributed by atoms with Crippen molar-refractivity contribution in [2.75, 3.05) is 7.11 Å². The second-order valence-corrected chi connectivity index (χ2v) is 4.60. The van der Waals surface area contributed by atoms with Gasteiger partial charge in [-0.1, -0.05) is 35.9 Å². The highest BCUT2D eigenvalue weighted by molar-refractivity contribution is 6.22. The van der Waals surface area contributed by atoms with Gasteiger partial charge in [-0.3, -0.25) is 0 Å². The Labute approximate surface area is 111 Å². The van der Waals surface area contributed by atoms with Crippen LogP contribution < -0.4 is 4.74 Å². The minimum absolute atomic E-state index is 0.213. The summed E-state index contributed by atoms with van der Waals surface area (Å²) in [6.45, 7) is 2.02. The molecule has 0 aliphatic heterocycles. The molecule has 1 nitrogen and oxygen atoms in total. The summed E-state index contributed by atoms with van der Waals surface area (Å²) in [4.78, 5) is 0. The van der Waals surface area contributed by atoms with Crippen LogP contribution in [0.5, 0.6) is 5.75 Å². The Morgan fingerprint density at radius 1 is 1.06 bits per heavy atom. The van der Waals surface area contributed by atoms with Crippen LogP contribution in [0.1, 0.15) is 22.1 Å². The van der Waals surface area contributed by atoms with Crippen molar-refractivity contribution in [1.82, 2.24) is 0 Å². The Hall–Kier alpha value is -1.54. The second kappa shape index (κ2) is 5.40. The number of ether oxygens (including phenoxy) is 1. The third-order valence-electron chi connectivity index (χ3n) is 2.84. The van der Waals surface area contributed by atoms with E-state index in [2.05, 4.69) is 0 Å². The van der Waals surface area contributed by atoms with E-state index in [0.29, 0.717) is 0 Å². The van der Waals surface area contributed by atoms with E-state index < -0.39 is 0 Å². The molecule has 1 atom stereocenters. The summed E-state index contributed by atoms with van der Waals surface area (Å²) in [5.74, 6) is -0.167. The van der Waals surface area contributed by atoms with Crippen molar-refractivity contribution in [3.05, 3.63) is 65.0 Å². The number of methoxy groups -OCH3 is 1. The molecular weight excluding hydrogens is 251 g/mol. The van der Waals surface area contributed by atoms with E-state index in [1.165, 1.54) is 18.7 Å². The molecule has 94 valence electrons. The fourth-order valence-corrected chi connectivity index (χ4v) is 2.04. The van der Waals surface area contributed by atoms with Gasteiger partial charge in [0.05, 0.1) is 12.5 Å². The molecule has 2 aromatic rings. The zero-order valence-electron chi connectivity index (χ0n) is 10.3. The van der Waals surface area contributed by atoms with Crippen LogP contribution in [0, 0.1) is 12.7 Å². The van der Waals surface area contributed by atoms with E-state index in [4.69, 9.17) is 16.3 Å². The Morgan fingerprint density at radius 2 is 1.67 bits per heavy atom. The fourth-order valence-electron chi connectivity index (χ4n) is 1.76. The molecule has 0 aromatic heterocycles. The average molecular weight is 265 g/mol. The Kier molecular flexibility index (Phi) is 3.87. The van der Waals surface area contributed by atoms with Gasteiger partial charge in [0.1, 0.15) is 0 Å². The van der Waals surface area contributed by atoms with Crippen LogP contribution >= 0.6 is 11.6 Å². The van der Waals surface area contributed by atoms with E-state index >= 15 is 0 Å². The Balaban J connectivity index is 2.33. The third kappa shape index (κ3) is 2.65. The molecule has 0 fully saturated rings. The molecule has 0 aliphatic rings. The third-order valence-corrected chi connectivity index (χ3v) is 3.34. The topological polar surface area (TPSA) is 9.23 Å². The first-order valence-electron chi connectivity index (χ1n) is 5.66. The van der Waals surface area contributed by atoms with Crippen LogP contribution in [-0.2, 0) is 0 Å². The van der Waals surface area contributed by atoms with Gasteiger partial charge in [0, 0.05) is 0 Å². The van der Waals surface area contributed by atoms with Crippen LogP contribution in [0.4, 0.5) is 4.39 Å². The normalized spacial score (nSPS) is 12.2. The minimum atomic E-state index is -0.381. The minimum Gasteiger partial charge on any atom is -0.494 e. The fraction of sp³-hybridized carbons (Fsp3) is 0.200. The number of aryl methyl sites for hydroxylation is 1. The highest BCUT2D eigenvalue weighted by atomic mass is 35.5. The summed E-state index contributed by atoms with van der Waals surface area (Å²) in [6.07, 6.45) is 0. The first-order chi connectivity index (χ1) is 8.61. The van der Waals surface area contributed by atoms with Crippen LogP contribution in [0.25, 0.3) is 0 Å². The predicted octanol–water partition coefficient (Wildman–Crippen LogP) is 4.47. The van der Waals surface area contributed by atoms with Gasteiger partial charge < -0.3 is 4.74 Å². The molecule has 0 heterocycles. The maximum absolute atomic E-state index is 13.3. The highest BCUT2D eigenvalue weighted by Gasteiger charge is 2.13. The number of benzene rings is 2. The van der Waals surface area contributed by atoms with Gasteiger partial charge in [0.2, 0.25) is 0 Å². The molecule has 0 saturated carbocycles. The molecular formula is C15H14ClFO. The first kappa shape index (κ1) is 12.9. The molecule has 3 heteroatoms. The number of rotatable bonds is 3. The van der Waals surface area contributed by atoms with Crippen molar-refractivity contribution in [3.8, 4) is 5.75 Å². The van der Waals surface area contributed by atoms with Gasteiger partial charge in [-0.25, -0.2) is 4.39 Å². The van der Waals surface area contributed by atoms with E-state index in [1.807, 2.05) is 31.2 Å². The largest absolute Gasteiger partial charge is 0.494 e. The van der Waals surface area contributed by atoms with Gasteiger partial charge in [0.15, 0.2) is 11.6 Å². The van der Waals surface area contributed by atoms with Crippen LogP contribution in [0.15, 0.2) is 42.5 Å². The van der Waals surface area contributed by atoms with Gasteiger partial charge in [-0.2, -0.15) is 0 Å². The first-order valence-corrected chi connectivity index (χ1v) is 6.09. The van der Waals surface area contributed by atoms with Crippen molar-refractivity contribution >= 4 is 11.6 Å². The molecule has 0 bridgehead atoms. The molecule has 0 amide bonds. The molecule has 2 rings (SSSR count). The zero-order valence-corrected chi connectivity index (χ0v) is 11.0. The highest BCUT2D eigenvalue weighted by Crippen LogP contribution is 2.31.